The second-order valence-electron chi connectivity index (χ2n) is 6.34. The fourth-order valence-corrected chi connectivity index (χ4v) is 3.43. The third-order valence-corrected chi connectivity index (χ3v) is 4.93. The number of piperidine rings is 1. The van der Waals surface area contributed by atoms with Crippen molar-refractivity contribution in [3.8, 4) is 11.1 Å². The summed E-state index contributed by atoms with van der Waals surface area (Å²) in [6, 6.07) is 5.90. The van der Waals surface area contributed by atoms with Crippen LogP contribution in [0.3, 0.4) is 0 Å². The molecule has 4 heterocycles. The summed E-state index contributed by atoms with van der Waals surface area (Å²) in [6.07, 6.45) is 7.57. The van der Waals surface area contributed by atoms with Crippen LogP contribution in [0.2, 0.25) is 5.15 Å². The SMILES string of the molecule is CC(=O)N1CCC(n2cc(-c3cnc4ccc(Cl)nc4c3)cn2)CC1. The Morgan fingerprint density at radius 2 is 1.96 bits per heavy atom. The summed E-state index contributed by atoms with van der Waals surface area (Å²) in [7, 11) is 0. The maximum absolute atomic E-state index is 11.4. The van der Waals surface area contributed by atoms with Crippen molar-refractivity contribution in [3.63, 3.8) is 0 Å². The summed E-state index contributed by atoms with van der Waals surface area (Å²) in [5, 5.41) is 4.98. The summed E-state index contributed by atoms with van der Waals surface area (Å²) in [5.74, 6) is 0.146. The first-order chi connectivity index (χ1) is 12.1. The summed E-state index contributed by atoms with van der Waals surface area (Å²) < 4.78 is 2.00. The lowest BCUT2D eigenvalue weighted by Crippen LogP contribution is -2.37. The monoisotopic (exact) mass is 355 g/mol. The second-order valence-corrected chi connectivity index (χ2v) is 6.73. The number of pyridine rings is 2. The smallest absolute Gasteiger partial charge is 0.219 e. The molecule has 1 fully saturated rings. The van der Waals surface area contributed by atoms with Gasteiger partial charge in [-0.1, -0.05) is 11.6 Å². The van der Waals surface area contributed by atoms with Crippen molar-refractivity contribution >= 4 is 28.5 Å². The van der Waals surface area contributed by atoms with Crippen LogP contribution in [0, 0.1) is 0 Å². The third-order valence-electron chi connectivity index (χ3n) is 4.72. The first kappa shape index (κ1) is 16.0. The van der Waals surface area contributed by atoms with E-state index in [9.17, 15) is 4.79 Å². The van der Waals surface area contributed by atoms with Gasteiger partial charge < -0.3 is 4.90 Å². The third kappa shape index (κ3) is 3.22. The Morgan fingerprint density at radius 3 is 2.72 bits per heavy atom. The number of hydrogen-bond donors (Lipinski definition) is 0. The minimum atomic E-state index is 0.146. The van der Waals surface area contributed by atoms with Crippen molar-refractivity contribution in [2.24, 2.45) is 0 Å². The molecule has 4 rings (SSSR count). The van der Waals surface area contributed by atoms with Crippen LogP contribution in [0.15, 0.2) is 36.8 Å². The minimum absolute atomic E-state index is 0.146. The van der Waals surface area contributed by atoms with E-state index in [2.05, 4.69) is 15.1 Å². The van der Waals surface area contributed by atoms with Crippen LogP contribution < -0.4 is 0 Å². The molecule has 25 heavy (non-hydrogen) atoms. The topological polar surface area (TPSA) is 63.9 Å². The van der Waals surface area contributed by atoms with Crippen molar-refractivity contribution in [2.75, 3.05) is 13.1 Å². The van der Waals surface area contributed by atoms with Crippen molar-refractivity contribution in [1.82, 2.24) is 24.6 Å². The van der Waals surface area contributed by atoms with Gasteiger partial charge in [0.1, 0.15) is 5.15 Å². The van der Waals surface area contributed by atoms with Gasteiger partial charge in [-0.2, -0.15) is 5.10 Å². The Morgan fingerprint density at radius 1 is 1.16 bits per heavy atom. The lowest BCUT2D eigenvalue weighted by atomic mass is 10.1. The molecule has 1 aliphatic rings. The van der Waals surface area contributed by atoms with Gasteiger partial charge in [-0.15, -0.1) is 0 Å². The molecule has 0 unspecified atom stereocenters. The van der Waals surface area contributed by atoms with Gasteiger partial charge in [0.05, 0.1) is 23.3 Å². The van der Waals surface area contributed by atoms with E-state index >= 15 is 0 Å². The van der Waals surface area contributed by atoms with E-state index in [-0.39, 0.29) is 5.91 Å². The fraction of sp³-hybridized carbons (Fsp3) is 0.333. The van der Waals surface area contributed by atoms with Gasteiger partial charge in [0, 0.05) is 43.5 Å². The molecule has 0 aromatic carbocycles. The first-order valence-corrected chi connectivity index (χ1v) is 8.70. The molecule has 0 atom stereocenters. The highest BCUT2D eigenvalue weighted by atomic mass is 35.5. The quantitative estimate of drug-likeness (QED) is 0.661. The zero-order valence-electron chi connectivity index (χ0n) is 13.9. The molecule has 7 heteroatoms. The molecular weight excluding hydrogens is 338 g/mol. The number of aromatic nitrogens is 4. The maximum Gasteiger partial charge on any atom is 0.219 e. The molecule has 0 spiro atoms. The average molecular weight is 356 g/mol. The Bertz CT molecular complexity index is 930. The fourth-order valence-electron chi connectivity index (χ4n) is 3.27. The number of halogens is 1. The molecule has 0 radical (unpaired) electrons. The summed E-state index contributed by atoms with van der Waals surface area (Å²) >= 11 is 5.97. The zero-order valence-corrected chi connectivity index (χ0v) is 14.6. The Kier molecular flexibility index (Phi) is 4.13. The van der Waals surface area contributed by atoms with E-state index in [4.69, 9.17) is 11.6 Å². The number of carbonyl (C=O) groups is 1. The second kappa shape index (κ2) is 6.44. The standard InChI is InChI=1S/C18H18ClN5O/c1-12(25)23-6-4-15(5-7-23)24-11-14(10-21-24)13-8-17-16(20-9-13)2-3-18(19)22-17/h2-3,8-11,15H,4-7H2,1H3. The highest BCUT2D eigenvalue weighted by Gasteiger charge is 2.22. The lowest BCUT2D eigenvalue weighted by molar-refractivity contribution is -0.130. The molecule has 0 N–H and O–H groups in total. The number of carbonyl (C=O) groups excluding carboxylic acids is 1. The van der Waals surface area contributed by atoms with Gasteiger partial charge in [0.2, 0.25) is 5.91 Å². The van der Waals surface area contributed by atoms with Crippen molar-refractivity contribution in [1.29, 1.82) is 0 Å². The van der Waals surface area contributed by atoms with Gasteiger partial charge in [0.15, 0.2) is 0 Å². The number of nitrogens with zero attached hydrogens (tertiary/aromatic N) is 5. The normalized spacial score (nSPS) is 15.7. The Balaban J connectivity index is 1.56. The Hall–Kier alpha value is -2.47. The van der Waals surface area contributed by atoms with E-state index in [1.807, 2.05) is 40.3 Å². The number of fused-ring (bicyclic) bond motifs is 1. The summed E-state index contributed by atoms with van der Waals surface area (Å²) in [5.41, 5.74) is 3.56. The number of hydrogen-bond acceptors (Lipinski definition) is 4. The van der Waals surface area contributed by atoms with Crippen LogP contribution in [-0.2, 0) is 4.79 Å². The average Bonchev–Trinajstić information content (AvgIpc) is 3.11. The van der Waals surface area contributed by atoms with Crippen LogP contribution in [0.1, 0.15) is 25.8 Å². The summed E-state index contributed by atoms with van der Waals surface area (Å²) in [6.45, 7) is 3.20. The number of rotatable bonds is 2. The Labute approximate surface area is 150 Å². The van der Waals surface area contributed by atoms with Gasteiger partial charge in [-0.25, -0.2) is 4.98 Å². The molecule has 128 valence electrons. The molecule has 0 saturated carbocycles. The lowest BCUT2D eigenvalue weighted by Gasteiger charge is -2.31. The molecular formula is C18H18ClN5O. The molecule has 0 aliphatic carbocycles. The number of likely N-dealkylation sites (tertiary alicyclic amines) is 1. The highest BCUT2D eigenvalue weighted by molar-refractivity contribution is 6.29. The van der Waals surface area contributed by atoms with Gasteiger partial charge in [-0.05, 0) is 31.0 Å². The van der Waals surface area contributed by atoms with Crippen molar-refractivity contribution in [2.45, 2.75) is 25.8 Å². The molecule has 1 saturated heterocycles. The maximum atomic E-state index is 11.4. The van der Waals surface area contributed by atoms with E-state index in [1.54, 1.807) is 13.0 Å². The van der Waals surface area contributed by atoms with E-state index in [1.165, 1.54) is 0 Å². The highest BCUT2D eigenvalue weighted by Crippen LogP contribution is 2.26. The summed E-state index contributed by atoms with van der Waals surface area (Å²) in [4.78, 5) is 22.1. The van der Waals surface area contributed by atoms with Gasteiger partial charge >= 0.3 is 0 Å². The molecule has 0 bridgehead atoms. The molecule has 3 aromatic rings. The van der Waals surface area contributed by atoms with E-state index in [0.29, 0.717) is 11.2 Å². The largest absolute Gasteiger partial charge is 0.343 e. The van der Waals surface area contributed by atoms with Gasteiger partial charge in [-0.3, -0.25) is 14.5 Å². The minimum Gasteiger partial charge on any atom is -0.343 e. The first-order valence-electron chi connectivity index (χ1n) is 8.32. The van der Waals surface area contributed by atoms with Crippen LogP contribution in [0.5, 0.6) is 0 Å². The molecule has 1 aliphatic heterocycles. The molecule has 6 nitrogen and oxygen atoms in total. The van der Waals surface area contributed by atoms with Crippen LogP contribution in [-0.4, -0.2) is 43.6 Å². The van der Waals surface area contributed by atoms with Crippen molar-refractivity contribution in [3.05, 3.63) is 41.9 Å². The predicted octanol–water partition coefficient (Wildman–Crippen LogP) is 3.33. The number of amides is 1. The van der Waals surface area contributed by atoms with Crippen LogP contribution in [0.25, 0.3) is 22.2 Å². The van der Waals surface area contributed by atoms with E-state index < -0.39 is 0 Å². The molecule has 3 aromatic heterocycles. The van der Waals surface area contributed by atoms with Gasteiger partial charge in [0.25, 0.3) is 0 Å². The zero-order chi connectivity index (χ0) is 17.4. The van der Waals surface area contributed by atoms with Crippen molar-refractivity contribution < 1.29 is 4.79 Å². The van der Waals surface area contributed by atoms with E-state index in [0.717, 1.165) is 48.1 Å². The predicted molar refractivity (Wildman–Crippen MR) is 96.3 cm³/mol. The van der Waals surface area contributed by atoms with Crippen LogP contribution in [0.4, 0.5) is 0 Å². The molecule has 1 amide bonds. The van der Waals surface area contributed by atoms with Crippen LogP contribution >= 0.6 is 11.6 Å².